The number of likely N-dealkylation sites (tertiary alicyclic amines) is 1. The van der Waals surface area contributed by atoms with Crippen LogP contribution in [-0.4, -0.2) is 42.7 Å². The molecule has 0 spiro atoms. The lowest BCUT2D eigenvalue weighted by molar-refractivity contribution is -0.139. The van der Waals surface area contributed by atoms with E-state index in [2.05, 4.69) is 4.98 Å². The number of carbonyl (C=O) groups is 2. The van der Waals surface area contributed by atoms with Crippen LogP contribution >= 0.6 is 0 Å². The number of aryl methyl sites for hydroxylation is 2. The molecule has 0 aliphatic carbocycles. The van der Waals surface area contributed by atoms with E-state index >= 15 is 0 Å². The molecule has 1 unspecified atom stereocenters. The third-order valence-corrected chi connectivity index (χ3v) is 6.52. The molecular formula is C28H25N3O4. The number of ketones is 1. The number of nitrogens with zero attached hydrogens (tertiary/aromatic N) is 3. The van der Waals surface area contributed by atoms with Gasteiger partial charge in [-0.2, -0.15) is 0 Å². The van der Waals surface area contributed by atoms with Crippen molar-refractivity contribution in [2.45, 2.75) is 26.3 Å². The number of pyridine rings is 1. The number of amides is 1. The van der Waals surface area contributed by atoms with Gasteiger partial charge in [0.25, 0.3) is 11.7 Å². The number of benzene rings is 2. The van der Waals surface area contributed by atoms with E-state index in [4.69, 9.17) is 0 Å². The first-order valence-corrected chi connectivity index (χ1v) is 11.4. The molecule has 7 nitrogen and oxygen atoms in total. The van der Waals surface area contributed by atoms with Gasteiger partial charge < -0.3 is 19.5 Å². The summed E-state index contributed by atoms with van der Waals surface area (Å²) in [7, 11) is 0. The molecule has 1 atom stereocenters. The van der Waals surface area contributed by atoms with Crippen LogP contribution in [0, 0.1) is 13.8 Å². The van der Waals surface area contributed by atoms with Crippen LogP contribution in [0.4, 0.5) is 0 Å². The van der Waals surface area contributed by atoms with E-state index in [-0.39, 0.29) is 29.3 Å². The normalized spacial score (nSPS) is 17.4. The Bertz CT molecular complexity index is 1490. The molecule has 1 aliphatic rings. The number of aromatic nitrogens is 2. The summed E-state index contributed by atoms with van der Waals surface area (Å²) in [5, 5.41) is 21.6. The first-order valence-electron chi connectivity index (χ1n) is 11.4. The molecule has 1 aliphatic heterocycles. The Balaban J connectivity index is 1.65. The number of rotatable bonds is 5. The smallest absolute Gasteiger partial charge is 0.295 e. The van der Waals surface area contributed by atoms with Gasteiger partial charge in [-0.15, -0.1) is 0 Å². The predicted molar refractivity (Wildman–Crippen MR) is 132 cm³/mol. The van der Waals surface area contributed by atoms with Gasteiger partial charge in [0.2, 0.25) is 0 Å². The van der Waals surface area contributed by atoms with Gasteiger partial charge in [-0.05, 0) is 55.2 Å². The Morgan fingerprint density at radius 1 is 1.00 bits per heavy atom. The molecule has 4 aromatic rings. The molecule has 1 fully saturated rings. The Morgan fingerprint density at radius 3 is 2.49 bits per heavy atom. The zero-order valence-corrected chi connectivity index (χ0v) is 19.5. The largest absolute Gasteiger partial charge is 0.508 e. The molecule has 1 amide bonds. The molecule has 1 saturated heterocycles. The lowest BCUT2D eigenvalue weighted by Gasteiger charge is -2.25. The summed E-state index contributed by atoms with van der Waals surface area (Å²) >= 11 is 0. The minimum atomic E-state index is -0.851. The van der Waals surface area contributed by atoms with Gasteiger partial charge in [0, 0.05) is 12.7 Å². The first kappa shape index (κ1) is 22.4. The number of fused-ring (bicyclic) bond motifs is 1. The molecule has 5 rings (SSSR count). The van der Waals surface area contributed by atoms with Gasteiger partial charge in [0.1, 0.15) is 17.1 Å². The van der Waals surface area contributed by atoms with Crippen LogP contribution in [0.25, 0.3) is 11.4 Å². The van der Waals surface area contributed by atoms with Crippen molar-refractivity contribution >= 4 is 23.1 Å². The second-order valence-corrected chi connectivity index (χ2v) is 8.75. The average Bonchev–Trinajstić information content (AvgIpc) is 3.33. The highest BCUT2D eigenvalue weighted by molar-refractivity contribution is 6.46. The van der Waals surface area contributed by atoms with E-state index in [0.29, 0.717) is 23.3 Å². The van der Waals surface area contributed by atoms with E-state index in [9.17, 15) is 19.8 Å². The van der Waals surface area contributed by atoms with E-state index < -0.39 is 17.7 Å². The lowest BCUT2D eigenvalue weighted by Crippen LogP contribution is -2.31. The van der Waals surface area contributed by atoms with Crippen molar-refractivity contribution in [2.24, 2.45) is 0 Å². The van der Waals surface area contributed by atoms with Gasteiger partial charge in [-0.3, -0.25) is 9.59 Å². The molecule has 176 valence electrons. The number of phenolic OH excluding ortho intramolecular Hbond substituents is 1. The molecule has 2 aromatic carbocycles. The number of phenols is 1. The van der Waals surface area contributed by atoms with Crippen LogP contribution in [0.3, 0.4) is 0 Å². The summed E-state index contributed by atoms with van der Waals surface area (Å²) < 4.78 is 1.85. The first-order chi connectivity index (χ1) is 16.9. The maximum atomic E-state index is 13.3. The minimum absolute atomic E-state index is 0.00989. The van der Waals surface area contributed by atoms with E-state index in [0.717, 1.165) is 11.1 Å². The third kappa shape index (κ3) is 3.85. The van der Waals surface area contributed by atoms with Crippen LogP contribution in [0.15, 0.2) is 78.5 Å². The molecule has 2 aromatic heterocycles. The van der Waals surface area contributed by atoms with E-state index in [1.807, 2.05) is 66.9 Å². The fraction of sp³-hybridized carbons (Fsp3) is 0.179. The van der Waals surface area contributed by atoms with Gasteiger partial charge in [0.15, 0.2) is 5.76 Å². The Kier molecular flexibility index (Phi) is 5.61. The van der Waals surface area contributed by atoms with Crippen molar-refractivity contribution in [3.05, 3.63) is 107 Å². The summed E-state index contributed by atoms with van der Waals surface area (Å²) in [6, 6.07) is 19.1. The lowest BCUT2D eigenvalue weighted by atomic mass is 9.96. The molecule has 0 radical (unpaired) electrons. The predicted octanol–water partition coefficient (Wildman–Crippen LogP) is 4.32. The van der Waals surface area contributed by atoms with E-state index in [1.54, 1.807) is 12.1 Å². The SMILES string of the molecule is Cc1cccn2c(C)c(/C(O)=C3\C(=O)C(=O)N(CCc4ccccc4)C3c3cccc(O)c3)nc12. The number of aromatic hydroxyl groups is 1. The topological polar surface area (TPSA) is 95.1 Å². The second-order valence-electron chi connectivity index (χ2n) is 8.75. The van der Waals surface area contributed by atoms with Crippen molar-refractivity contribution in [1.82, 2.24) is 14.3 Å². The Hall–Kier alpha value is -4.39. The highest BCUT2D eigenvalue weighted by atomic mass is 16.3. The summed E-state index contributed by atoms with van der Waals surface area (Å²) in [6.07, 6.45) is 2.38. The highest BCUT2D eigenvalue weighted by Crippen LogP contribution is 2.40. The van der Waals surface area contributed by atoms with Crippen molar-refractivity contribution in [3.8, 4) is 5.75 Å². The summed E-state index contributed by atoms with van der Waals surface area (Å²) in [5.74, 6) is -1.76. The molecule has 0 saturated carbocycles. The van der Waals surface area contributed by atoms with Crippen LogP contribution in [0.2, 0.25) is 0 Å². The third-order valence-electron chi connectivity index (χ3n) is 6.52. The number of carbonyl (C=O) groups excluding carboxylic acids is 2. The van der Waals surface area contributed by atoms with Gasteiger partial charge in [-0.1, -0.05) is 48.5 Å². The summed E-state index contributed by atoms with van der Waals surface area (Å²) in [4.78, 5) is 32.6. The molecule has 35 heavy (non-hydrogen) atoms. The van der Waals surface area contributed by atoms with Gasteiger partial charge >= 0.3 is 0 Å². The average molecular weight is 468 g/mol. The minimum Gasteiger partial charge on any atom is -0.508 e. The Morgan fingerprint density at radius 2 is 1.77 bits per heavy atom. The molecule has 3 heterocycles. The Labute approximate surface area is 202 Å². The van der Waals surface area contributed by atoms with Crippen LogP contribution in [0.1, 0.15) is 34.1 Å². The van der Waals surface area contributed by atoms with Crippen LogP contribution in [0.5, 0.6) is 5.75 Å². The van der Waals surface area contributed by atoms with E-state index in [1.165, 1.54) is 17.0 Å². The number of aliphatic hydroxyl groups is 1. The number of hydrogen-bond acceptors (Lipinski definition) is 5. The molecule has 0 bridgehead atoms. The second kappa shape index (κ2) is 8.76. The fourth-order valence-electron chi connectivity index (χ4n) is 4.72. The number of aliphatic hydroxyl groups excluding tert-OH is 1. The maximum Gasteiger partial charge on any atom is 0.295 e. The maximum absolute atomic E-state index is 13.3. The summed E-state index contributed by atoms with van der Waals surface area (Å²) in [5.41, 5.74) is 4.03. The van der Waals surface area contributed by atoms with Gasteiger partial charge in [-0.25, -0.2) is 4.98 Å². The molecule has 2 N–H and O–H groups in total. The standard InChI is InChI=1S/C28H25N3O4/c1-17-8-7-14-30-18(2)23(29-27(17)30)25(33)22-24(20-11-6-12-21(32)16-20)31(28(35)26(22)34)15-13-19-9-4-3-5-10-19/h3-12,14,16,24,32-33H,13,15H2,1-2H3/b25-22+. The van der Waals surface area contributed by atoms with Crippen LogP contribution < -0.4 is 0 Å². The summed E-state index contributed by atoms with van der Waals surface area (Å²) in [6.45, 7) is 4.00. The quantitative estimate of drug-likeness (QED) is 0.259. The molecular weight excluding hydrogens is 442 g/mol. The van der Waals surface area contributed by atoms with Crippen LogP contribution in [-0.2, 0) is 16.0 Å². The molecule has 7 heteroatoms. The van der Waals surface area contributed by atoms with Crippen molar-refractivity contribution < 1.29 is 19.8 Å². The number of imidazole rings is 1. The van der Waals surface area contributed by atoms with Crippen molar-refractivity contribution in [2.75, 3.05) is 6.54 Å². The number of hydrogen-bond donors (Lipinski definition) is 2. The zero-order chi connectivity index (χ0) is 24.7. The monoisotopic (exact) mass is 467 g/mol. The van der Waals surface area contributed by atoms with Crippen molar-refractivity contribution in [1.29, 1.82) is 0 Å². The zero-order valence-electron chi connectivity index (χ0n) is 19.5. The number of Topliss-reactive ketones (excluding diaryl/α,β-unsaturated/α-hetero) is 1. The fourth-order valence-corrected chi connectivity index (χ4v) is 4.72. The highest BCUT2D eigenvalue weighted by Gasteiger charge is 2.46. The van der Waals surface area contributed by atoms with Gasteiger partial charge in [0.05, 0.1) is 17.3 Å². The van der Waals surface area contributed by atoms with Crippen molar-refractivity contribution in [3.63, 3.8) is 0 Å².